The number of ether oxygens (including phenoxy) is 2. The largest absolute Gasteiger partial charge is 0.497 e. The molecule has 2 N–H and O–H groups in total. The van der Waals surface area contributed by atoms with Crippen LogP contribution in [0.3, 0.4) is 0 Å². The number of rotatable bonds is 5. The summed E-state index contributed by atoms with van der Waals surface area (Å²) in [5.74, 6) is 1.53. The third kappa shape index (κ3) is 4.42. The van der Waals surface area contributed by atoms with Crippen LogP contribution in [0.1, 0.15) is 12.0 Å². The van der Waals surface area contributed by atoms with E-state index in [0.29, 0.717) is 5.96 Å². The van der Waals surface area contributed by atoms with Crippen molar-refractivity contribution in [1.82, 2.24) is 4.90 Å². The van der Waals surface area contributed by atoms with Crippen molar-refractivity contribution in [1.29, 1.82) is 0 Å². The van der Waals surface area contributed by atoms with Crippen LogP contribution in [0.4, 0.5) is 0 Å². The molecule has 0 saturated carbocycles. The summed E-state index contributed by atoms with van der Waals surface area (Å²) < 4.78 is 10.4. The van der Waals surface area contributed by atoms with Crippen LogP contribution in [0.5, 0.6) is 5.75 Å². The molecule has 0 unspecified atom stereocenters. The van der Waals surface area contributed by atoms with Crippen LogP contribution < -0.4 is 10.5 Å². The highest BCUT2D eigenvalue weighted by Gasteiger charge is 2.11. The average molecular weight is 277 g/mol. The van der Waals surface area contributed by atoms with Gasteiger partial charge in [0.15, 0.2) is 5.96 Å². The smallest absolute Gasteiger partial charge is 0.191 e. The van der Waals surface area contributed by atoms with Crippen molar-refractivity contribution in [2.45, 2.75) is 12.8 Å². The van der Waals surface area contributed by atoms with Crippen LogP contribution in [0.25, 0.3) is 0 Å². The summed E-state index contributed by atoms with van der Waals surface area (Å²) >= 11 is 0. The lowest BCUT2D eigenvalue weighted by Crippen LogP contribution is -2.44. The summed E-state index contributed by atoms with van der Waals surface area (Å²) in [5, 5.41) is 0. The molecule has 0 amide bonds. The van der Waals surface area contributed by atoms with E-state index in [0.717, 1.165) is 51.4 Å². The van der Waals surface area contributed by atoms with Gasteiger partial charge in [0.25, 0.3) is 0 Å². The number of methoxy groups -OCH3 is 1. The van der Waals surface area contributed by atoms with E-state index < -0.39 is 0 Å². The molecular formula is C15H23N3O2. The lowest BCUT2D eigenvalue weighted by molar-refractivity contribution is 0.0674. The molecule has 1 fully saturated rings. The van der Waals surface area contributed by atoms with Crippen molar-refractivity contribution >= 4 is 5.96 Å². The van der Waals surface area contributed by atoms with Gasteiger partial charge in [0, 0.05) is 19.6 Å². The quantitative estimate of drug-likeness (QED) is 0.500. The van der Waals surface area contributed by atoms with Gasteiger partial charge in [-0.25, -0.2) is 0 Å². The van der Waals surface area contributed by atoms with Gasteiger partial charge in [0.05, 0.1) is 20.3 Å². The van der Waals surface area contributed by atoms with Gasteiger partial charge in [-0.3, -0.25) is 4.99 Å². The van der Waals surface area contributed by atoms with Gasteiger partial charge in [0.2, 0.25) is 0 Å². The Morgan fingerprint density at radius 2 is 2.00 bits per heavy atom. The van der Waals surface area contributed by atoms with E-state index in [1.807, 2.05) is 12.1 Å². The van der Waals surface area contributed by atoms with E-state index in [1.165, 1.54) is 5.56 Å². The molecule has 20 heavy (non-hydrogen) atoms. The van der Waals surface area contributed by atoms with Crippen molar-refractivity contribution in [3.05, 3.63) is 29.8 Å². The van der Waals surface area contributed by atoms with Crippen LogP contribution in [-0.2, 0) is 11.2 Å². The van der Waals surface area contributed by atoms with Gasteiger partial charge in [-0.05, 0) is 30.5 Å². The molecule has 1 saturated heterocycles. The van der Waals surface area contributed by atoms with Crippen LogP contribution in [0.15, 0.2) is 29.3 Å². The highest BCUT2D eigenvalue weighted by molar-refractivity contribution is 5.78. The molecule has 0 aromatic heterocycles. The summed E-state index contributed by atoms with van der Waals surface area (Å²) in [5.41, 5.74) is 7.27. The second kappa shape index (κ2) is 7.75. The molecule has 0 bridgehead atoms. The van der Waals surface area contributed by atoms with Crippen LogP contribution >= 0.6 is 0 Å². The zero-order valence-electron chi connectivity index (χ0n) is 12.0. The number of nitrogens with two attached hydrogens (primary N) is 1. The monoisotopic (exact) mass is 277 g/mol. The van der Waals surface area contributed by atoms with Crippen LogP contribution in [-0.4, -0.2) is 50.8 Å². The van der Waals surface area contributed by atoms with Crippen molar-refractivity contribution in [2.24, 2.45) is 10.7 Å². The first-order valence-corrected chi connectivity index (χ1v) is 7.05. The predicted molar refractivity (Wildman–Crippen MR) is 80.2 cm³/mol. The van der Waals surface area contributed by atoms with E-state index in [1.54, 1.807) is 7.11 Å². The SMILES string of the molecule is COc1ccc(CCCN=C(N)N2CCOCC2)cc1. The molecule has 1 aromatic rings. The van der Waals surface area contributed by atoms with E-state index >= 15 is 0 Å². The number of benzene rings is 1. The van der Waals surface area contributed by atoms with E-state index in [9.17, 15) is 0 Å². The first-order chi connectivity index (χ1) is 9.79. The lowest BCUT2D eigenvalue weighted by atomic mass is 10.1. The molecule has 0 radical (unpaired) electrons. The minimum absolute atomic E-state index is 0.642. The maximum absolute atomic E-state index is 5.97. The molecule has 0 aliphatic carbocycles. The first kappa shape index (κ1) is 14.7. The summed E-state index contributed by atoms with van der Waals surface area (Å²) in [6.45, 7) is 3.92. The number of nitrogens with zero attached hydrogens (tertiary/aromatic N) is 2. The Labute approximate surface area is 120 Å². The third-order valence-corrected chi connectivity index (χ3v) is 3.39. The summed E-state index contributed by atoms with van der Waals surface area (Å²) in [6, 6.07) is 8.16. The number of hydrogen-bond donors (Lipinski definition) is 1. The molecular weight excluding hydrogens is 254 g/mol. The summed E-state index contributed by atoms with van der Waals surface area (Å²) in [6.07, 6.45) is 2.00. The lowest BCUT2D eigenvalue weighted by Gasteiger charge is -2.27. The van der Waals surface area contributed by atoms with Gasteiger partial charge >= 0.3 is 0 Å². The van der Waals surface area contributed by atoms with E-state index in [2.05, 4.69) is 22.0 Å². The van der Waals surface area contributed by atoms with Crippen molar-refractivity contribution < 1.29 is 9.47 Å². The molecule has 5 heteroatoms. The number of aliphatic imine (C=N–C) groups is 1. The molecule has 1 aliphatic heterocycles. The fourth-order valence-corrected chi connectivity index (χ4v) is 2.16. The Kier molecular flexibility index (Phi) is 5.68. The Morgan fingerprint density at radius 3 is 2.65 bits per heavy atom. The third-order valence-electron chi connectivity index (χ3n) is 3.39. The Balaban J connectivity index is 1.71. The fraction of sp³-hybridized carbons (Fsp3) is 0.533. The number of morpholine rings is 1. The Bertz CT molecular complexity index is 425. The molecule has 2 rings (SSSR count). The maximum Gasteiger partial charge on any atom is 0.191 e. The summed E-state index contributed by atoms with van der Waals surface area (Å²) in [4.78, 5) is 6.52. The molecule has 110 valence electrons. The molecule has 1 aromatic carbocycles. The normalized spacial score (nSPS) is 16.2. The van der Waals surface area contributed by atoms with Gasteiger partial charge in [-0.2, -0.15) is 0 Å². The second-order valence-electron chi connectivity index (χ2n) is 4.79. The zero-order chi connectivity index (χ0) is 14.2. The Hall–Kier alpha value is -1.75. The van der Waals surface area contributed by atoms with Gasteiger partial charge in [-0.15, -0.1) is 0 Å². The fourth-order valence-electron chi connectivity index (χ4n) is 2.16. The average Bonchev–Trinajstić information content (AvgIpc) is 2.53. The molecule has 0 spiro atoms. The van der Waals surface area contributed by atoms with Crippen molar-refractivity contribution in [2.75, 3.05) is 40.0 Å². The summed E-state index contributed by atoms with van der Waals surface area (Å²) in [7, 11) is 1.68. The highest BCUT2D eigenvalue weighted by Crippen LogP contribution is 2.12. The number of hydrogen-bond acceptors (Lipinski definition) is 3. The first-order valence-electron chi connectivity index (χ1n) is 7.05. The second-order valence-corrected chi connectivity index (χ2v) is 4.79. The van der Waals surface area contributed by atoms with Gasteiger partial charge in [0.1, 0.15) is 5.75 Å². The van der Waals surface area contributed by atoms with Crippen LogP contribution in [0, 0.1) is 0 Å². The van der Waals surface area contributed by atoms with Gasteiger partial charge < -0.3 is 20.1 Å². The van der Waals surface area contributed by atoms with E-state index in [-0.39, 0.29) is 0 Å². The molecule has 1 heterocycles. The number of aryl methyl sites for hydroxylation is 1. The topological polar surface area (TPSA) is 60.1 Å². The standard InChI is InChI=1S/C15H23N3O2/c1-19-14-6-4-13(5-7-14)3-2-8-17-15(16)18-9-11-20-12-10-18/h4-7H,2-3,8-12H2,1H3,(H2,16,17). The van der Waals surface area contributed by atoms with Crippen LogP contribution in [0.2, 0.25) is 0 Å². The molecule has 0 atom stereocenters. The number of guanidine groups is 1. The minimum Gasteiger partial charge on any atom is -0.497 e. The van der Waals surface area contributed by atoms with E-state index in [4.69, 9.17) is 15.2 Å². The maximum atomic E-state index is 5.97. The molecule has 1 aliphatic rings. The van der Waals surface area contributed by atoms with Crippen molar-refractivity contribution in [3.63, 3.8) is 0 Å². The highest BCUT2D eigenvalue weighted by atomic mass is 16.5. The van der Waals surface area contributed by atoms with Gasteiger partial charge in [-0.1, -0.05) is 12.1 Å². The zero-order valence-corrected chi connectivity index (χ0v) is 12.0. The molecule has 5 nitrogen and oxygen atoms in total. The predicted octanol–water partition coefficient (Wildman–Crippen LogP) is 1.27. The minimum atomic E-state index is 0.642. The van der Waals surface area contributed by atoms with Crippen molar-refractivity contribution in [3.8, 4) is 5.75 Å². The Morgan fingerprint density at radius 1 is 1.30 bits per heavy atom.